The first-order valence-corrected chi connectivity index (χ1v) is 6.72. The van der Waals surface area contributed by atoms with Gasteiger partial charge in [-0.25, -0.2) is 4.79 Å². The van der Waals surface area contributed by atoms with E-state index in [1.54, 1.807) is 6.92 Å². The summed E-state index contributed by atoms with van der Waals surface area (Å²) in [5.41, 5.74) is 0.194. The average molecular weight is 268 g/mol. The van der Waals surface area contributed by atoms with Gasteiger partial charge in [0.25, 0.3) is 6.01 Å². The maximum absolute atomic E-state index is 11.4. The molecule has 1 aliphatic heterocycles. The van der Waals surface area contributed by atoms with Crippen LogP contribution in [0.15, 0.2) is 10.7 Å². The predicted octanol–water partition coefficient (Wildman–Crippen LogP) is 2.08. The Morgan fingerprint density at radius 1 is 1.58 bits per heavy atom. The van der Waals surface area contributed by atoms with Crippen LogP contribution in [0.3, 0.4) is 0 Å². The van der Waals surface area contributed by atoms with Gasteiger partial charge in [0, 0.05) is 19.1 Å². The third-order valence-corrected chi connectivity index (χ3v) is 3.25. The summed E-state index contributed by atoms with van der Waals surface area (Å²) in [5.74, 6) is -0.00197. The van der Waals surface area contributed by atoms with E-state index in [2.05, 4.69) is 17.2 Å². The van der Waals surface area contributed by atoms with Crippen LogP contribution in [0.1, 0.15) is 37.2 Å². The highest BCUT2D eigenvalue weighted by molar-refractivity contribution is 5.87. The first-order chi connectivity index (χ1) is 9.24. The lowest BCUT2D eigenvalue weighted by atomic mass is 10.00. The molecule has 0 aromatic carbocycles. The van der Waals surface area contributed by atoms with Crippen molar-refractivity contribution in [2.45, 2.75) is 32.8 Å². The number of hydrogen-bond donors (Lipinski definition) is 1. The normalized spacial score (nSPS) is 22.4. The van der Waals surface area contributed by atoms with E-state index in [9.17, 15) is 4.79 Å². The number of aromatic nitrogens is 1. The van der Waals surface area contributed by atoms with Gasteiger partial charge in [-0.15, -0.1) is 0 Å². The quantitative estimate of drug-likeness (QED) is 0.796. The van der Waals surface area contributed by atoms with Crippen LogP contribution < -0.4 is 5.32 Å². The van der Waals surface area contributed by atoms with Crippen molar-refractivity contribution in [3.8, 4) is 0 Å². The molecule has 2 atom stereocenters. The summed E-state index contributed by atoms with van der Waals surface area (Å²) < 4.78 is 15.7. The number of carbonyl (C=O) groups excluding carboxylic acids is 1. The summed E-state index contributed by atoms with van der Waals surface area (Å²) in [6, 6.07) is 0.352. The first-order valence-electron chi connectivity index (χ1n) is 6.72. The Balaban J connectivity index is 1.85. The molecule has 2 unspecified atom stereocenters. The number of ether oxygens (including phenoxy) is 2. The number of nitrogens with one attached hydrogen (secondary N) is 1. The van der Waals surface area contributed by atoms with Crippen LogP contribution in [0.25, 0.3) is 0 Å². The lowest BCUT2D eigenvalue weighted by Crippen LogP contribution is -2.22. The lowest BCUT2D eigenvalue weighted by molar-refractivity contribution is 0.0519. The number of carbonyl (C=O) groups is 1. The van der Waals surface area contributed by atoms with Crippen molar-refractivity contribution in [1.82, 2.24) is 4.98 Å². The van der Waals surface area contributed by atoms with Gasteiger partial charge in [0.2, 0.25) is 0 Å². The molecule has 6 nitrogen and oxygen atoms in total. The highest BCUT2D eigenvalue weighted by Gasteiger charge is 2.26. The van der Waals surface area contributed by atoms with Crippen LogP contribution in [0, 0.1) is 5.92 Å². The molecular formula is C13H20N2O4. The molecule has 0 amide bonds. The van der Waals surface area contributed by atoms with Crippen LogP contribution in [0.5, 0.6) is 0 Å². The summed E-state index contributed by atoms with van der Waals surface area (Å²) in [7, 11) is 0. The molecule has 0 spiro atoms. The summed E-state index contributed by atoms with van der Waals surface area (Å²) in [5, 5.41) is 3.10. The number of nitrogens with zero attached hydrogens (tertiary/aromatic N) is 1. The summed E-state index contributed by atoms with van der Waals surface area (Å²) >= 11 is 0. The van der Waals surface area contributed by atoms with Crippen molar-refractivity contribution in [3.05, 3.63) is 12.0 Å². The summed E-state index contributed by atoms with van der Waals surface area (Å²) in [6.45, 7) is 5.74. The largest absolute Gasteiger partial charge is 0.461 e. The molecule has 0 aliphatic carbocycles. The molecule has 1 aromatic rings. The van der Waals surface area contributed by atoms with E-state index in [0.29, 0.717) is 24.6 Å². The Kier molecular flexibility index (Phi) is 4.79. The monoisotopic (exact) mass is 268 g/mol. The first kappa shape index (κ1) is 13.9. The number of oxazole rings is 1. The van der Waals surface area contributed by atoms with Gasteiger partial charge in [-0.1, -0.05) is 6.92 Å². The van der Waals surface area contributed by atoms with Gasteiger partial charge >= 0.3 is 5.97 Å². The van der Waals surface area contributed by atoms with Crippen LogP contribution in [-0.4, -0.2) is 36.8 Å². The van der Waals surface area contributed by atoms with Gasteiger partial charge in [-0.05, 0) is 19.8 Å². The molecule has 1 saturated heterocycles. The standard InChI is InChI=1S/C13H20N2O4/c1-3-11-9(5-6-18-11)7-14-13-15-10(8-19-13)12(16)17-4-2/h8-9,11H,3-7H2,1-2H3,(H,14,15). The Hall–Kier alpha value is -1.56. The van der Waals surface area contributed by atoms with Gasteiger partial charge < -0.3 is 19.2 Å². The van der Waals surface area contributed by atoms with Crippen molar-refractivity contribution >= 4 is 12.0 Å². The molecule has 0 bridgehead atoms. The molecule has 6 heteroatoms. The zero-order valence-corrected chi connectivity index (χ0v) is 11.3. The van der Waals surface area contributed by atoms with E-state index in [4.69, 9.17) is 13.9 Å². The number of rotatable bonds is 6. The third-order valence-electron chi connectivity index (χ3n) is 3.25. The predicted molar refractivity (Wildman–Crippen MR) is 69.1 cm³/mol. The van der Waals surface area contributed by atoms with Gasteiger partial charge in [0.05, 0.1) is 12.7 Å². The van der Waals surface area contributed by atoms with Gasteiger partial charge in [0.1, 0.15) is 6.26 Å². The summed E-state index contributed by atoms with van der Waals surface area (Å²) in [4.78, 5) is 15.5. The zero-order chi connectivity index (χ0) is 13.7. The van der Waals surface area contributed by atoms with Crippen molar-refractivity contribution in [3.63, 3.8) is 0 Å². The molecule has 2 rings (SSSR count). The minimum absolute atomic E-state index is 0.194. The van der Waals surface area contributed by atoms with Gasteiger partial charge in [-0.3, -0.25) is 0 Å². The second-order valence-electron chi connectivity index (χ2n) is 4.51. The fourth-order valence-corrected chi connectivity index (χ4v) is 2.25. The van der Waals surface area contributed by atoms with E-state index >= 15 is 0 Å². The second-order valence-corrected chi connectivity index (χ2v) is 4.51. The Labute approximate surface area is 112 Å². The fourth-order valence-electron chi connectivity index (χ4n) is 2.25. The Morgan fingerprint density at radius 3 is 3.16 bits per heavy atom. The van der Waals surface area contributed by atoms with Crippen molar-refractivity contribution < 1.29 is 18.7 Å². The maximum atomic E-state index is 11.4. The van der Waals surface area contributed by atoms with Crippen molar-refractivity contribution in [1.29, 1.82) is 0 Å². The molecular weight excluding hydrogens is 248 g/mol. The minimum Gasteiger partial charge on any atom is -0.461 e. The molecule has 19 heavy (non-hydrogen) atoms. The highest BCUT2D eigenvalue weighted by Crippen LogP contribution is 2.23. The fraction of sp³-hybridized carbons (Fsp3) is 0.692. The number of anilines is 1. The van der Waals surface area contributed by atoms with E-state index in [1.807, 2.05) is 0 Å². The van der Waals surface area contributed by atoms with Crippen molar-refractivity contribution in [2.75, 3.05) is 25.1 Å². The smallest absolute Gasteiger partial charge is 0.360 e. The molecule has 2 heterocycles. The third kappa shape index (κ3) is 3.47. The van der Waals surface area contributed by atoms with E-state index in [0.717, 1.165) is 26.0 Å². The molecule has 0 radical (unpaired) electrons. The van der Waals surface area contributed by atoms with E-state index < -0.39 is 5.97 Å². The van der Waals surface area contributed by atoms with Gasteiger partial charge in [-0.2, -0.15) is 4.98 Å². The lowest BCUT2D eigenvalue weighted by Gasteiger charge is -2.16. The van der Waals surface area contributed by atoms with Crippen LogP contribution >= 0.6 is 0 Å². The average Bonchev–Trinajstić information content (AvgIpc) is 3.05. The Morgan fingerprint density at radius 2 is 2.42 bits per heavy atom. The minimum atomic E-state index is -0.463. The van der Waals surface area contributed by atoms with Gasteiger partial charge in [0.15, 0.2) is 5.69 Å². The van der Waals surface area contributed by atoms with E-state index in [-0.39, 0.29) is 5.69 Å². The van der Waals surface area contributed by atoms with Crippen molar-refractivity contribution in [2.24, 2.45) is 5.92 Å². The molecule has 1 N–H and O–H groups in total. The molecule has 1 fully saturated rings. The second kappa shape index (κ2) is 6.56. The van der Waals surface area contributed by atoms with Crippen LogP contribution in [0.2, 0.25) is 0 Å². The van der Waals surface area contributed by atoms with Crippen LogP contribution in [0.4, 0.5) is 6.01 Å². The molecule has 1 aliphatic rings. The highest BCUT2D eigenvalue weighted by atomic mass is 16.5. The maximum Gasteiger partial charge on any atom is 0.360 e. The molecule has 106 valence electrons. The SMILES string of the molecule is CCOC(=O)c1coc(NCC2CCOC2CC)n1. The molecule has 0 saturated carbocycles. The summed E-state index contributed by atoms with van der Waals surface area (Å²) in [6.07, 6.45) is 3.65. The zero-order valence-electron chi connectivity index (χ0n) is 11.3. The topological polar surface area (TPSA) is 73.6 Å². The Bertz CT molecular complexity index is 419. The number of hydrogen-bond acceptors (Lipinski definition) is 6. The van der Waals surface area contributed by atoms with E-state index in [1.165, 1.54) is 6.26 Å². The van der Waals surface area contributed by atoms with Crippen LogP contribution in [-0.2, 0) is 9.47 Å². The number of esters is 1. The molecule has 1 aromatic heterocycles.